The Morgan fingerprint density at radius 3 is 2.08 bits per heavy atom. The zero-order chi connectivity index (χ0) is 33.3. The predicted octanol–water partition coefficient (Wildman–Crippen LogP) is 8.20. The molecule has 1 aliphatic carbocycles. The zero-order valence-corrected chi connectivity index (χ0v) is 27.4. The minimum atomic E-state index is -3.96. The standard InChI is InChI=1S/C41H35NO5S/c1-27-17-23-32(24-18-27)48(44,45)42-37(29-11-5-3-6-12-29)25-35(28-19-21-31(46-2)22-20-28)39-34-16-10-9-15-33(34)36-26-38(47-41(43)40(36)39)30-13-7-4-8-14-30/h3-26,35-36,39-40,42H,1-2H3/b37-25-/t35-,36-,39+,40-/m1/s1. The van der Waals surface area contributed by atoms with Crippen LogP contribution < -0.4 is 9.46 Å². The Morgan fingerprint density at radius 2 is 1.42 bits per heavy atom. The molecule has 0 spiro atoms. The van der Waals surface area contributed by atoms with Crippen LogP contribution in [-0.2, 0) is 19.6 Å². The number of benzene rings is 5. The van der Waals surface area contributed by atoms with Gasteiger partial charge in [0, 0.05) is 23.3 Å². The molecule has 48 heavy (non-hydrogen) atoms. The first-order valence-electron chi connectivity index (χ1n) is 15.9. The molecule has 0 bridgehead atoms. The molecule has 0 fully saturated rings. The Kier molecular flexibility index (Phi) is 8.46. The van der Waals surface area contributed by atoms with Crippen LogP contribution in [0.5, 0.6) is 5.75 Å². The van der Waals surface area contributed by atoms with Crippen LogP contribution in [0.3, 0.4) is 0 Å². The van der Waals surface area contributed by atoms with Crippen LogP contribution in [0.15, 0.2) is 151 Å². The van der Waals surface area contributed by atoms with Gasteiger partial charge in [-0.3, -0.25) is 9.52 Å². The third-order valence-electron chi connectivity index (χ3n) is 9.25. The molecule has 7 heteroatoms. The van der Waals surface area contributed by atoms with E-state index in [0.717, 1.165) is 27.8 Å². The summed E-state index contributed by atoms with van der Waals surface area (Å²) in [5, 5.41) is 0. The summed E-state index contributed by atoms with van der Waals surface area (Å²) < 4.78 is 42.2. The Morgan fingerprint density at radius 1 is 0.792 bits per heavy atom. The molecule has 0 saturated carbocycles. The van der Waals surface area contributed by atoms with E-state index in [1.807, 2.05) is 110 Å². The van der Waals surface area contributed by atoms with E-state index in [9.17, 15) is 13.2 Å². The molecule has 1 heterocycles. The summed E-state index contributed by atoms with van der Waals surface area (Å²) in [7, 11) is -2.34. The average Bonchev–Trinajstić information content (AvgIpc) is 3.45. The van der Waals surface area contributed by atoms with Gasteiger partial charge in [0.15, 0.2) is 0 Å². The van der Waals surface area contributed by atoms with E-state index in [0.29, 0.717) is 22.8 Å². The van der Waals surface area contributed by atoms with Crippen molar-refractivity contribution in [2.75, 3.05) is 7.11 Å². The van der Waals surface area contributed by atoms with Crippen molar-refractivity contribution < 1.29 is 22.7 Å². The smallest absolute Gasteiger partial charge is 0.315 e. The van der Waals surface area contributed by atoms with Gasteiger partial charge in [0.1, 0.15) is 11.5 Å². The van der Waals surface area contributed by atoms with E-state index in [1.165, 1.54) is 0 Å². The molecule has 0 unspecified atom stereocenters. The van der Waals surface area contributed by atoms with Gasteiger partial charge in [-0.1, -0.05) is 121 Å². The van der Waals surface area contributed by atoms with Gasteiger partial charge in [-0.05, 0) is 59.5 Å². The lowest BCUT2D eigenvalue weighted by atomic mass is 9.74. The van der Waals surface area contributed by atoms with Gasteiger partial charge in [-0.15, -0.1) is 0 Å². The van der Waals surface area contributed by atoms with E-state index in [1.54, 1.807) is 31.4 Å². The van der Waals surface area contributed by atoms with E-state index in [2.05, 4.69) is 22.9 Å². The molecule has 5 aromatic rings. The lowest BCUT2D eigenvalue weighted by molar-refractivity contribution is -0.143. The van der Waals surface area contributed by atoms with Crippen LogP contribution in [-0.4, -0.2) is 21.5 Å². The number of ether oxygens (including phenoxy) is 2. The number of hydrogen-bond acceptors (Lipinski definition) is 5. The molecule has 0 radical (unpaired) electrons. The van der Waals surface area contributed by atoms with Gasteiger partial charge in [-0.2, -0.15) is 0 Å². The van der Waals surface area contributed by atoms with Gasteiger partial charge < -0.3 is 9.47 Å². The van der Waals surface area contributed by atoms with Crippen molar-refractivity contribution in [1.82, 2.24) is 4.72 Å². The third-order valence-corrected chi connectivity index (χ3v) is 10.6. The Hall–Kier alpha value is -5.40. The molecule has 0 aromatic heterocycles. The summed E-state index contributed by atoms with van der Waals surface area (Å²) in [6, 6.07) is 41.7. The summed E-state index contributed by atoms with van der Waals surface area (Å²) in [6.45, 7) is 1.92. The Bertz CT molecular complexity index is 2110. The minimum Gasteiger partial charge on any atom is -0.497 e. The maximum atomic E-state index is 14.2. The summed E-state index contributed by atoms with van der Waals surface area (Å²) >= 11 is 0. The number of hydrogen-bond donors (Lipinski definition) is 1. The number of aryl methyl sites for hydroxylation is 1. The van der Waals surface area contributed by atoms with Crippen molar-refractivity contribution in [1.29, 1.82) is 0 Å². The lowest BCUT2D eigenvalue weighted by Crippen LogP contribution is -2.30. The van der Waals surface area contributed by atoms with E-state index in [-0.39, 0.29) is 22.7 Å². The first-order chi connectivity index (χ1) is 23.3. The Balaban J connectivity index is 1.40. The van der Waals surface area contributed by atoms with Crippen molar-refractivity contribution in [3.63, 3.8) is 0 Å². The summed E-state index contributed by atoms with van der Waals surface area (Å²) in [5.74, 6) is -0.613. The third kappa shape index (κ3) is 6.05. The Labute approximate surface area is 281 Å². The summed E-state index contributed by atoms with van der Waals surface area (Å²) in [4.78, 5) is 14.3. The molecule has 6 nitrogen and oxygen atoms in total. The van der Waals surface area contributed by atoms with Crippen molar-refractivity contribution in [2.24, 2.45) is 5.92 Å². The molecule has 2 aliphatic rings. The maximum Gasteiger partial charge on any atom is 0.315 e. The highest BCUT2D eigenvalue weighted by Gasteiger charge is 2.50. The SMILES string of the molecule is COc1ccc([C@@H](/C=C(\NS(=O)(=O)c2ccc(C)cc2)c2ccccc2)[C@@H]2c3ccccc3[C@H]3C=C(c4ccccc4)OC(=O)[C@@H]23)cc1. The van der Waals surface area contributed by atoms with Crippen LogP contribution in [0.25, 0.3) is 11.5 Å². The highest BCUT2D eigenvalue weighted by Crippen LogP contribution is 2.56. The van der Waals surface area contributed by atoms with Crippen LogP contribution in [0.2, 0.25) is 0 Å². The van der Waals surface area contributed by atoms with Crippen molar-refractivity contribution in [3.8, 4) is 5.75 Å². The van der Waals surface area contributed by atoms with Crippen molar-refractivity contribution in [3.05, 3.63) is 179 Å². The number of sulfonamides is 1. The van der Waals surface area contributed by atoms with Gasteiger partial charge in [0.25, 0.3) is 10.0 Å². The largest absolute Gasteiger partial charge is 0.497 e. The van der Waals surface area contributed by atoms with Crippen LogP contribution in [0, 0.1) is 12.8 Å². The zero-order valence-electron chi connectivity index (χ0n) is 26.6. The fourth-order valence-corrected chi connectivity index (χ4v) is 7.99. The quantitative estimate of drug-likeness (QED) is 0.162. The normalized spacial score (nSPS) is 19.4. The molecule has 0 amide bonds. The number of rotatable bonds is 9. The highest BCUT2D eigenvalue weighted by atomic mass is 32.2. The van der Waals surface area contributed by atoms with Gasteiger partial charge in [0.2, 0.25) is 0 Å². The molecule has 0 saturated heterocycles. The average molecular weight is 654 g/mol. The fraction of sp³-hybridized carbons (Fsp3) is 0.146. The number of nitrogens with one attached hydrogen (secondary N) is 1. The molecule has 5 aromatic carbocycles. The van der Waals surface area contributed by atoms with Gasteiger partial charge in [-0.25, -0.2) is 8.42 Å². The number of methoxy groups -OCH3 is 1. The molecule has 1 aliphatic heterocycles. The second kappa shape index (κ2) is 13.0. The fourth-order valence-electron chi connectivity index (χ4n) is 6.90. The summed E-state index contributed by atoms with van der Waals surface area (Å²) in [6.07, 6.45) is 4.02. The molecule has 240 valence electrons. The number of carbonyl (C=O) groups is 1. The second-order valence-electron chi connectivity index (χ2n) is 12.2. The molecule has 1 N–H and O–H groups in total. The van der Waals surface area contributed by atoms with E-state index in [4.69, 9.17) is 9.47 Å². The van der Waals surface area contributed by atoms with Gasteiger partial charge >= 0.3 is 5.97 Å². The molecular formula is C41H35NO5S. The van der Waals surface area contributed by atoms with Crippen molar-refractivity contribution in [2.45, 2.75) is 29.6 Å². The number of carbonyl (C=O) groups excluding carboxylic acids is 1. The van der Waals surface area contributed by atoms with Crippen molar-refractivity contribution >= 4 is 27.4 Å². The number of fused-ring (bicyclic) bond motifs is 3. The molecular weight excluding hydrogens is 619 g/mol. The number of allylic oxidation sites excluding steroid dienone is 2. The van der Waals surface area contributed by atoms with E-state index >= 15 is 0 Å². The number of esters is 1. The number of cyclic esters (lactones) is 1. The van der Waals surface area contributed by atoms with Crippen LogP contribution >= 0.6 is 0 Å². The van der Waals surface area contributed by atoms with Gasteiger partial charge in [0.05, 0.1) is 23.6 Å². The topological polar surface area (TPSA) is 81.7 Å². The summed E-state index contributed by atoms with van der Waals surface area (Å²) in [5.41, 5.74) is 5.92. The van der Waals surface area contributed by atoms with E-state index < -0.39 is 21.9 Å². The monoisotopic (exact) mass is 653 g/mol. The lowest BCUT2D eigenvalue weighted by Gasteiger charge is -2.32. The molecule has 4 atom stereocenters. The highest BCUT2D eigenvalue weighted by molar-refractivity contribution is 7.89. The van der Waals surface area contributed by atoms with Crippen LogP contribution in [0.4, 0.5) is 0 Å². The maximum absolute atomic E-state index is 14.2. The first-order valence-corrected chi connectivity index (χ1v) is 17.4. The molecule has 7 rings (SSSR count). The predicted molar refractivity (Wildman–Crippen MR) is 188 cm³/mol. The minimum absolute atomic E-state index is 0.164. The second-order valence-corrected chi connectivity index (χ2v) is 13.9. The first kappa shape index (κ1) is 31.2. The van der Waals surface area contributed by atoms with Crippen LogP contribution in [0.1, 0.15) is 51.1 Å².